The third-order valence-electron chi connectivity index (χ3n) is 1.91. The number of esters is 1. The van der Waals surface area contributed by atoms with Gasteiger partial charge in [0.25, 0.3) is 0 Å². The molecule has 0 aliphatic rings. The molecule has 1 N–H and O–H groups in total. The van der Waals surface area contributed by atoms with Crippen LogP contribution in [0.3, 0.4) is 0 Å². The Bertz CT molecular complexity index is 285. The number of nitriles is 1. The summed E-state index contributed by atoms with van der Waals surface area (Å²) in [6, 6.07) is 1.19. The largest absolute Gasteiger partial charge is 0.467 e. The molecule has 90 valence electrons. The van der Waals surface area contributed by atoms with Gasteiger partial charge in [0, 0.05) is 13.0 Å². The minimum atomic E-state index is -0.803. The fraction of sp³-hybridized carbons (Fsp3) is 0.700. The van der Waals surface area contributed by atoms with E-state index in [0.29, 0.717) is 0 Å². The summed E-state index contributed by atoms with van der Waals surface area (Å²) in [5, 5.41) is 11.1. The smallest absolute Gasteiger partial charge is 0.328 e. The van der Waals surface area contributed by atoms with Crippen molar-refractivity contribution in [1.29, 1.82) is 5.26 Å². The van der Waals surface area contributed by atoms with Crippen molar-refractivity contribution in [2.24, 2.45) is 5.92 Å². The van der Waals surface area contributed by atoms with Crippen LogP contribution in [0.25, 0.3) is 0 Å². The van der Waals surface area contributed by atoms with E-state index in [0.717, 1.165) is 0 Å². The van der Waals surface area contributed by atoms with Crippen molar-refractivity contribution in [2.75, 3.05) is 20.8 Å². The van der Waals surface area contributed by atoms with Crippen LogP contribution in [0.2, 0.25) is 0 Å². The monoisotopic (exact) mass is 228 g/mol. The minimum absolute atomic E-state index is 0.131. The number of nitrogens with zero attached hydrogens (tertiary/aromatic N) is 1. The van der Waals surface area contributed by atoms with Crippen molar-refractivity contribution >= 4 is 11.9 Å². The number of amides is 1. The Morgan fingerprint density at radius 2 is 2.06 bits per heavy atom. The fourth-order valence-corrected chi connectivity index (χ4v) is 1.13. The number of ether oxygens (including phenoxy) is 2. The summed E-state index contributed by atoms with van der Waals surface area (Å²) >= 11 is 0. The Balaban J connectivity index is 4.38. The second kappa shape index (κ2) is 7.65. The molecule has 0 aromatic carbocycles. The van der Waals surface area contributed by atoms with Gasteiger partial charge in [0.2, 0.25) is 5.91 Å². The molecule has 0 heterocycles. The first-order chi connectivity index (χ1) is 7.54. The highest BCUT2D eigenvalue weighted by atomic mass is 16.5. The Hall–Kier alpha value is -1.61. The molecule has 0 radical (unpaired) electrons. The highest BCUT2D eigenvalue weighted by Gasteiger charge is 2.23. The molecule has 0 rings (SSSR count). The van der Waals surface area contributed by atoms with E-state index in [1.165, 1.54) is 14.2 Å². The van der Waals surface area contributed by atoms with Gasteiger partial charge in [-0.2, -0.15) is 5.26 Å². The summed E-state index contributed by atoms with van der Waals surface area (Å²) in [7, 11) is 2.61. The van der Waals surface area contributed by atoms with Crippen LogP contribution in [0, 0.1) is 17.2 Å². The topological polar surface area (TPSA) is 88.4 Å². The van der Waals surface area contributed by atoms with Gasteiger partial charge in [-0.05, 0) is 13.3 Å². The molecule has 0 saturated carbocycles. The predicted octanol–water partition coefficient (Wildman–Crippen LogP) is -0.160. The summed E-state index contributed by atoms with van der Waals surface area (Å²) < 4.78 is 9.15. The van der Waals surface area contributed by atoms with Gasteiger partial charge in [-0.25, -0.2) is 4.79 Å². The lowest BCUT2D eigenvalue weighted by Gasteiger charge is -2.16. The molecule has 0 bridgehead atoms. The number of hydrogen-bond donors (Lipinski definition) is 1. The average Bonchev–Trinajstić information content (AvgIpc) is 2.27. The van der Waals surface area contributed by atoms with Gasteiger partial charge in [-0.1, -0.05) is 0 Å². The Morgan fingerprint density at radius 1 is 1.44 bits per heavy atom. The van der Waals surface area contributed by atoms with E-state index in [2.05, 4.69) is 14.8 Å². The Labute approximate surface area is 94.5 Å². The molecule has 2 atom stereocenters. The molecule has 0 aromatic rings. The van der Waals surface area contributed by atoms with Gasteiger partial charge < -0.3 is 14.8 Å². The number of methoxy groups -OCH3 is 2. The van der Waals surface area contributed by atoms with Crippen molar-refractivity contribution in [3.05, 3.63) is 0 Å². The van der Waals surface area contributed by atoms with Crippen LogP contribution >= 0.6 is 0 Å². The molecule has 6 nitrogen and oxygen atoms in total. The molecule has 0 saturated heterocycles. The molecular weight excluding hydrogens is 212 g/mol. The normalized spacial score (nSPS) is 13.4. The number of rotatable bonds is 6. The first-order valence-corrected chi connectivity index (χ1v) is 4.80. The maximum atomic E-state index is 11.3. The van der Waals surface area contributed by atoms with Crippen LogP contribution in [-0.2, 0) is 19.1 Å². The van der Waals surface area contributed by atoms with Gasteiger partial charge in [-0.3, -0.25) is 4.79 Å². The second-order valence-electron chi connectivity index (χ2n) is 3.34. The molecule has 0 fully saturated rings. The highest BCUT2D eigenvalue weighted by molar-refractivity contribution is 5.85. The van der Waals surface area contributed by atoms with Gasteiger partial charge in [0.15, 0.2) is 0 Å². The van der Waals surface area contributed by atoms with Gasteiger partial charge in [0.1, 0.15) is 12.6 Å². The summed E-state index contributed by atoms with van der Waals surface area (Å²) in [5.74, 6) is -1.32. The second-order valence-corrected chi connectivity index (χ2v) is 3.34. The summed E-state index contributed by atoms with van der Waals surface area (Å²) in [6.07, 6.45) is 0.221. The van der Waals surface area contributed by atoms with Crippen LogP contribution in [-0.4, -0.2) is 38.7 Å². The van der Waals surface area contributed by atoms with E-state index < -0.39 is 17.9 Å². The van der Waals surface area contributed by atoms with Crippen molar-refractivity contribution in [1.82, 2.24) is 5.32 Å². The van der Waals surface area contributed by atoms with E-state index >= 15 is 0 Å². The predicted molar refractivity (Wildman–Crippen MR) is 55.2 cm³/mol. The molecule has 0 spiro atoms. The molecule has 0 aromatic heterocycles. The number of carbonyl (C=O) groups is 2. The lowest BCUT2D eigenvalue weighted by molar-refractivity contribution is -0.145. The zero-order valence-electron chi connectivity index (χ0n) is 9.65. The van der Waals surface area contributed by atoms with E-state index in [9.17, 15) is 9.59 Å². The minimum Gasteiger partial charge on any atom is -0.467 e. The van der Waals surface area contributed by atoms with Crippen LogP contribution in [0.5, 0.6) is 0 Å². The van der Waals surface area contributed by atoms with E-state index in [-0.39, 0.29) is 18.9 Å². The van der Waals surface area contributed by atoms with E-state index in [4.69, 9.17) is 5.26 Å². The van der Waals surface area contributed by atoms with E-state index in [1.54, 1.807) is 6.92 Å². The molecule has 0 unspecified atom stereocenters. The molecule has 6 heteroatoms. The van der Waals surface area contributed by atoms with Crippen molar-refractivity contribution in [3.63, 3.8) is 0 Å². The molecular formula is C10H16N2O4. The SMILES string of the molecule is COCC(=O)N[C@@H](C[C@H](C)C#N)C(=O)OC. The number of nitrogens with one attached hydrogen (secondary N) is 1. The summed E-state index contributed by atoms with van der Waals surface area (Å²) in [4.78, 5) is 22.5. The molecule has 16 heavy (non-hydrogen) atoms. The average molecular weight is 228 g/mol. The molecule has 1 amide bonds. The zero-order chi connectivity index (χ0) is 12.6. The third kappa shape index (κ3) is 5.32. The van der Waals surface area contributed by atoms with Crippen molar-refractivity contribution in [2.45, 2.75) is 19.4 Å². The zero-order valence-corrected chi connectivity index (χ0v) is 9.65. The van der Waals surface area contributed by atoms with Crippen molar-refractivity contribution < 1.29 is 19.1 Å². The van der Waals surface area contributed by atoms with Crippen LogP contribution in [0.4, 0.5) is 0 Å². The van der Waals surface area contributed by atoms with Gasteiger partial charge >= 0.3 is 5.97 Å². The number of hydrogen-bond acceptors (Lipinski definition) is 5. The Kier molecular flexibility index (Phi) is 6.88. The maximum Gasteiger partial charge on any atom is 0.328 e. The van der Waals surface area contributed by atoms with Crippen LogP contribution in [0.1, 0.15) is 13.3 Å². The van der Waals surface area contributed by atoms with Crippen LogP contribution in [0.15, 0.2) is 0 Å². The quantitative estimate of drug-likeness (QED) is 0.638. The van der Waals surface area contributed by atoms with Gasteiger partial charge in [0.05, 0.1) is 13.2 Å². The summed E-state index contributed by atoms with van der Waals surface area (Å²) in [6.45, 7) is 1.53. The third-order valence-corrected chi connectivity index (χ3v) is 1.91. The maximum absolute atomic E-state index is 11.3. The van der Waals surface area contributed by atoms with Gasteiger partial charge in [-0.15, -0.1) is 0 Å². The molecule has 0 aliphatic carbocycles. The standard InChI is InChI=1S/C10H16N2O4/c1-7(5-11)4-8(10(14)16-3)12-9(13)6-15-2/h7-8H,4,6H2,1-3H3,(H,12,13)/t7-,8-/m0/s1. The number of carbonyl (C=O) groups excluding carboxylic acids is 2. The first kappa shape index (κ1) is 14.4. The lowest BCUT2D eigenvalue weighted by Crippen LogP contribution is -2.43. The van der Waals surface area contributed by atoms with Crippen LogP contribution < -0.4 is 5.32 Å². The molecule has 0 aliphatic heterocycles. The van der Waals surface area contributed by atoms with Crippen molar-refractivity contribution in [3.8, 4) is 6.07 Å². The van der Waals surface area contributed by atoms with E-state index in [1.807, 2.05) is 6.07 Å². The summed E-state index contributed by atoms with van der Waals surface area (Å²) in [5.41, 5.74) is 0. The highest BCUT2D eigenvalue weighted by Crippen LogP contribution is 2.06. The lowest BCUT2D eigenvalue weighted by atomic mass is 10.0. The Morgan fingerprint density at radius 3 is 2.50 bits per heavy atom. The fourth-order valence-electron chi connectivity index (χ4n) is 1.13. The first-order valence-electron chi connectivity index (χ1n) is 4.80.